The molecule has 0 aliphatic heterocycles. The fourth-order valence-electron chi connectivity index (χ4n) is 2.62. The Hall–Kier alpha value is -2.06. The average Bonchev–Trinajstić information content (AvgIpc) is 2.60. The maximum atomic E-state index is 12.5. The Labute approximate surface area is 152 Å². The van der Waals surface area contributed by atoms with Crippen molar-refractivity contribution < 1.29 is 22.0 Å². The second-order valence-corrected chi connectivity index (χ2v) is 7.65. The van der Waals surface area contributed by atoms with E-state index < -0.39 is 28.9 Å². The molecule has 2 rings (SSSR count). The lowest BCUT2D eigenvalue weighted by Crippen LogP contribution is -2.38. The first-order valence-corrected chi connectivity index (χ1v) is 9.86. The lowest BCUT2D eigenvalue weighted by Gasteiger charge is -2.21. The van der Waals surface area contributed by atoms with Gasteiger partial charge in [-0.1, -0.05) is 37.3 Å². The highest BCUT2D eigenvalue weighted by molar-refractivity contribution is 7.89. The molecule has 5 nitrogen and oxygen atoms in total. The summed E-state index contributed by atoms with van der Waals surface area (Å²) in [4.78, 5) is 13.2. The number of sulfonamides is 1. The Bertz CT molecular complexity index is 856. The largest absolute Gasteiger partial charge is 0.337 e. The summed E-state index contributed by atoms with van der Waals surface area (Å²) in [7, 11) is -3.78. The normalized spacial score (nSPS) is 11.8. The van der Waals surface area contributed by atoms with E-state index in [-0.39, 0.29) is 24.4 Å². The Morgan fingerprint density at radius 2 is 1.85 bits per heavy atom. The molecular formula is C18H22F2N2O3S. The van der Waals surface area contributed by atoms with Crippen molar-refractivity contribution in [3.05, 3.63) is 42.5 Å². The molecule has 8 heteroatoms. The first-order chi connectivity index (χ1) is 12.3. The number of carbonyl (C=O) groups is 1. The number of benzene rings is 2. The van der Waals surface area contributed by atoms with Crippen LogP contribution in [0, 0.1) is 0 Å². The number of alkyl halides is 2. The summed E-state index contributed by atoms with van der Waals surface area (Å²) in [5.41, 5.74) is 0. The van der Waals surface area contributed by atoms with Gasteiger partial charge < -0.3 is 4.90 Å². The summed E-state index contributed by atoms with van der Waals surface area (Å²) in [5, 5.41) is 1.71. The van der Waals surface area contributed by atoms with Crippen LogP contribution in [0.2, 0.25) is 0 Å². The second-order valence-electron chi connectivity index (χ2n) is 5.89. The molecule has 142 valence electrons. The predicted molar refractivity (Wildman–Crippen MR) is 96.6 cm³/mol. The van der Waals surface area contributed by atoms with Gasteiger partial charge in [0, 0.05) is 19.5 Å². The molecule has 0 aliphatic rings. The summed E-state index contributed by atoms with van der Waals surface area (Å²) in [6.45, 7) is 1.23. The van der Waals surface area contributed by atoms with E-state index in [0.29, 0.717) is 6.42 Å². The molecule has 0 heterocycles. The molecule has 0 bridgehead atoms. The molecule has 0 saturated heterocycles. The molecule has 0 unspecified atom stereocenters. The molecule has 0 saturated carbocycles. The molecule has 0 spiro atoms. The van der Waals surface area contributed by atoms with Gasteiger partial charge in [0.2, 0.25) is 15.9 Å². The molecule has 0 aliphatic carbocycles. The molecular weight excluding hydrogens is 362 g/mol. The summed E-state index contributed by atoms with van der Waals surface area (Å²) in [5.74, 6) is -0.492. The number of carbonyl (C=O) groups excluding carboxylic acids is 1. The van der Waals surface area contributed by atoms with Crippen LogP contribution in [0.3, 0.4) is 0 Å². The van der Waals surface area contributed by atoms with Gasteiger partial charge in [0.25, 0.3) is 6.43 Å². The van der Waals surface area contributed by atoms with Crippen molar-refractivity contribution in [2.75, 3.05) is 19.6 Å². The number of fused-ring (bicyclic) bond motifs is 1. The minimum atomic E-state index is -3.78. The lowest BCUT2D eigenvalue weighted by molar-refractivity contribution is -0.133. The molecule has 0 radical (unpaired) electrons. The number of amides is 1. The van der Waals surface area contributed by atoms with E-state index in [2.05, 4.69) is 4.72 Å². The molecule has 2 aromatic rings. The highest BCUT2D eigenvalue weighted by Gasteiger charge is 2.19. The van der Waals surface area contributed by atoms with Gasteiger partial charge in [-0.2, -0.15) is 0 Å². The van der Waals surface area contributed by atoms with Crippen LogP contribution >= 0.6 is 0 Å². The quantitative estimate of drug-likeness (QED) is 0.723. The minimum absolute atomic E-state index is 0.0987. The third-order valence-electron chi connectivity index (χ3n) is 3.87. The fourth-order valence-corrected chi connectivity index (χ4v) is 3.69. The third-order valence-corrected chi connectivity index (χ3v) is 5.33. The summed E-state index contributed by atoms with van der Waals surface area (Å²) in [6.07, 6.45) is -2.22. The zero-order chi connectivity index (χ0) is 19.2. The lowest BCUT2D eigenvalue weighted by atomic mass is 10.1. The third kappa shape index (κ3) is 5.47. The van der Waals surface area contributed by atoms with Crippen molar-refractivity contribution in [1.82, 2.24) is 9.62 Å². The van der Waals surface area contributed by atoms with Crippen molar-refractivity contribution in [1.29, 1.82) is 0 Å². The zero-order valence-corrected chi connectivity index (χ0v) is 15.3. The predicted octanol–water partition coefficient (Wildman–Crippen LogP) is 3.01. The first kappa shape index (κ1) is 20.3. The van der Waals surface area contributed by atoms with Crippen LogP contribution in [0.15, 0.2) is 47.4 Å². The van der Waals surface area contributed by atoms with Gasteiger partial charge in [0.1, 0.15) is 0 Å². The van der Waals surface area contributed by atoms with Crippen LogP contribution in [0.4, 0.5) is 8.78 Å². The first-order valence-electron chi connectivity index (χ1n) is 8.38. The maximum Gasteiger partial charge on any atom is 0.255 e. The fraction of sp³-hybridized carbons (Fsp3) is 0.389. The SMILES string of the molecule is CCCN(CC(F)F)C(=O)CCNS(=O)(=O)c1ccc2ccccc2c1. The molecule has 0 fully saturated rings. The van der Waals surface area contributed by atoms with Gasteiger partial charge in [-0.3, -0.25) is 4.79 Å². The number of hydrogen-bond acceptors (Lipinski definition) is 3. The minimum Gasteiger partial charge on any atom is -0.337 e. The number of halogens is 2. The smallest absolute Gasteiger partial charge is 0.255 e. The van der Waals surface area contributed by atoms with Crippen LogP contribution in [0.1, 0.15) is 19.8 Å². The molecule has 26 heavy (non-hydrogen) atoms. The Morgan fingerprint density at radius 3 is 2.50 bits per heavy atom. The van der Waals surface area contributed by atoms with Gasteiger partial charge in [0.15, 0.2) is 0 Å². The number of rotatable bonds is 9. The van der Waals surface area contributed by atoms with Gasteiger partial charge >= 0.3 is 0 Å². The highest BCUT2D eigenvalue weighted by atomic mass is 32.2. The van der Waals surface area contributed by atoms with E-state index in [4.69, 9.17) is 0 Å². The van der Waals surface area contributed by atoms with Crippen LogP contribution in [-0.4, -0.2) is 45.3 Å². The summed E-state index contributed by atoms with van der Waals surface area (Å²) >= 11 is 0. The van der Waals surface area contributed by atoms with Crippen LogP contribution in [0.25, 0.3) is 10.8 Å². The van der Waals surface area contributed by atoms with Crippen LogP contribution in [-0.2, 0) is 14.8 Å². The summed E-state index contributed by atoms with van der Waals surface area (Å²) in [6, 6.07) is 12.1. The molecule has 2 aromatic carbocycles. The molecule has 0 atom stereocenters. The van der Waals surface area contributed by atoms with E-state index in [1.54, 1.807) is 19.1 Å². The van der Waals surface area contributed by atoms with Crippen molar-refractivity contribution in [3.8, 4) is 0 Å². The van der Waals surface area contributed by atoms with E-state index >= 15 is 0 Å². The summed E-state index contributed by atoms with van der Waals surface area (Å²) < 4.78 is 52.2. The van der Waals surface area contributed by atoms with E-state index in [9.17, 15) is 22.0 Å². The van der Waals surface area contributed by atoms with Crippen LogP contribution < -0.4 is 4.72 Å². The zero-order valence-electron chi connectivity index (χ0n) is 14.5. The molecule has 1 N–H and O–H groups in total. The standard InChI is InChI=1S/C18H22F2N2O3S/c1-2-11-22(13-17(19)20)18(23)9-10-21-26(24,25)16-8-7-14-5-3-4-6-15(14)12-16/h3-8,12,17,21H,2,9-11,13H2,1H3. The number of nitrogens with one attached hydrogen (secondary N) is 1. The van der Waals surface area contributed by atoms with Crippen molar-refractivity contribution in [2.24, 2.45) is 0 Å². The van der Waals surface area contributed by atoms with Gasteiger partial charge in [0.05, 0.1) is 11.4 Å². The monoisotopic (exact) mass is 384 g/mol. The topological polar surface area (TPSA) is 66.5 Å². The van der Waals surface area contributed by atoms with Gasteiger partial charge in [-0.25, -0.2) is 21.9 Å². The number of nitrogens with zero attached hydrogens (tertiary/aromatic N) is 1. The Balaban J connectivity index is 1.99. The van der Waals surface area contributed by atoms with Gasteiger partial charge in [-0.15, -0.1) is 0 Å². The van der Waals surface area contributed by atoms with E-state index in [1.807, 2.05) is 24.3 Å². The van der Waals surface area contributed by atoms with E-state index in [0.717, 1.165) is 15.7 Å². The van der Waals surface area contributed by atoms with Crippen molar-refractivity contribution in [3.63, 3.8) is 0 Å². The van der Waals surface area contributed by atoms with E-state index in [1.165, 1.54) is 6.07 Å². The maximum absolute atomic E-state index is 12.5. The Kier molecular flexibility index (Phi) is 7.05. The second kappa shape index (κ2) is 9.05. The molecule has 1 amide bonds. The number of hydrogen-bond donors (Lipinski definition) is 1. The molecule has 0 aromatic heterocycles. The van der Waals surface area contributed by atoms with Gasteiger partial charge in [-0.05, 0) is 29.3 Å². The average molecular weight is 384 g/mol. The highest BCUT2D eigenvalue weighted by Crippen LogP contribution is 2.18. The van der Waals surface area contributed by atoms with Crippen molar-refractivity contribution >= 4 is 26.7 Å². The van der Waals surface area contributed by atoms with Crippen molar-refractivity contribution in [2.45, 2.75) is 31.1 Å². The Morgan fingerprint density at radius 1 is 1.15 bits per heavy atom. The van der Waals surface area contributed by atoms with Crippen LogP contribution in [0.5, 0.6) is 0 Å².